The lowest BCUT2D eigenvalue weighted by molar-refractivity contribution is 0.0697. The van der Waals surface area contributed by atoms with E-state index in [1.165, 1.54) is 0 Å². The van der Waals surface area contributed by atoms with Crippen LogP contribution in [-0.4, -0.2) is 16.9 Å². The van der Waals surface area contributed by atoms with Crippen LogP contribution in [-0.2, 0) is 6.61 Å². The normalized spacial score (nSPS) is 10.3. The van der Waals surface area contributed by atoms with Gasteiger partial charge in [-0.15, -0.1) is 0 Å². The number of carboxylic acid groups (broad SMARTS) is 1. The quantitative estimate of drug-likeness (QED) is 0.465. The zero-order valence-corrected chi connectivity index (χ0v) is 14.0. The molecule has 0 radical (unpaired) electrons. The van der Waals surface area contributed by atoms with Crippen LogP contribution in [0.3, 0.4) is 0 Å². The average molecular weight is 346 g/mol. The van der Waals surface area contributed by atoms with Gasteiger partial charge in [-0.05, 0) is 23.3 Å². The minimum Gasteiger partial charge on any atom is -0.488 e. The number of para-hydroxylation sites is 1. The molecule has 0 atom stereocenters. The summed E-state index contributed by atoms with van der Waals surface area (Å²) < 4.78 is 5.93. The Balaban J connectivity index is 1.86. The standard InChI is InChI=1S/C21H18N2O3/c22-20(23)15-11-9-14(10-12-15)13-26-19-8-4-3-6-17(19)16-5-1-2-7-18(16)21(24)25/h1-12H,13H2,(H3,22,23)(H,24,25). The van der Waals surface area contributed by atoms with E-state index in [9.17, 15) is 9.90 Å². The van der Waals surface area contributed by atoms with Gasteiger partial charge in [0.05, 0.1) is 5.56 Å². The Morgan fingerprint density at radius 2 is 1.54 bits per heavy atom. The van der Waals surface area contributed by atoms with E-state index >= 15 is 0 Å². The Labute approximate surface area is 151 Å². The maximum atomic E-state index is 11.5. The summed E-state index contributed by atoms with van der Waals surface area (Å²) in [5, 5.41) is 16.8. The van der Waals surface area contributed by atoms with E-state index < -0.39 is 5.97 Å². The van der Waals surface area contributed by atoms with Crippen molar-refractivity contribution in [1.82, 2.24) is 0 Å². The number of hydrogen-bond acceptors (Lipinski definition) is 3. The van der Waals surface area contributed by atoms with E-state index in [1.807, 2.05) is 36.4 Å². The molecule has 5 nitrogen and oxygen atoms in total. The topological polar surface area (TPSA) is 96.4 Å². The number of carboxylic acids is 1. The van der Waals surface area contributed by atoms with E-state index in [-0.39, 0.29) is 11.4 Å². The molecule has 0 bridgehead atoms. The lowest BCUT2D eigenvalue weighted by atomic mass is 9.99. The Kier molecular flexibility index (Phi) is 4.99. The molecular formula is C21H18N2O3. The third-order valence-electron chi connectivity index (χ3n) is 3.99. The number of benzene rings is 3. The molecule has 0 aliphatic rings. The van der Waals surface area contributed by atoms with Gasteiger partial charge in [-0.2, -0.15) is 0 Å². The van der Waals surface area contributed by atoms with Gasteiger partial charge in [-0.25, -0.2) is 4.79 Å². The van der Waals surface area contributed by atoms with Gasteiger partial charge in [0.1, 0.15) is 18.2 Å². The number of nitrogens with two attached hydrogens (primary N) is 1. The molecule has 0 amide bonds. The van der Waals surface area contributed by atoms with Crippen molar-refractivity contribution in [2.45, 2.75) is 6.61 Å². The average Bonchev–Trinajstić information content (AvgIpc) is 2.67. The van der Waals surface area contributed by atoms with Gasteiger partial charge in [-0.1, -0.05) is 60.7 Å². The van der Waals surface area contributed by atoms with Gasteiger partial charge < -0.3 is 15.6 Å². The number of rotatable bonds is 6. The molecule has 0 aliphatic carbocycles. The summed E-state index contributed by atoms with van der Waals surface area (Å²) in [7, 11) is 0. The first-order valence-corrected chi connectivity index (χ1v) is 8.04. The molecule has 0 aromatic heterocycles. The molecule has 0 fully saturated rings. The van der Waals surface area contributed by atoms with Crippen LogP contribution in [0, 0.1) is 5.41 Å². The Morgan fingerprint density at radius 3 is 2.19 bits per heavy atom. The third-order valence-corrected chi connectivity index (χ3v) is 3.99. The smallest absolute Gasteiger partial charge is 0.336 e. The second kappa shape index (κ2) is 7.53. The number of nitrogen functional groups attached to an aromatic ring is 1. The Bertz CT molecular complexity index is 949. The number of ether oxygens (including phenoxy) is 1. The first kappa shape index (κ1) is 17.2. The molecule has 3 aromatic rings. The van der Waals surface area contributed by atoms with Crippen LogP contribution in [0.2, 0.25) is 0 Å². The first-order valence-electron chi connectivity index (χ1n) is 8.04. The highest BCUT2D eigenvalue weighted by Crippen LogP contribution is 2.32. The molecule has 26 heavy (non-hydrogen) atoms. The molecule has 0 unspecified atom stereocenters. The zero-order valence-electron chi connectivity index (χ0n) is 14.0. The SMILES string of the molecule is N=C(N)c1ccc(COc2ccccc2-c2ccccc2C(=O)O)cc1. The molecule has 0 heterocycles. The van der Waals surface area contributed by atoms with Crippen molar-refractivity contribution in [2.75, 3.05) is 0 Å². The second-order valence-corrected chi connectivity index (χ2v) is 5.75. The van der Waals surface area contributed by atoms with E-state index in [0.717, 1.165) is 11.1 Å². The van der Waals surface area contributed by atoms with Crippen LogP contribution in [0.15, 0.2) is 72.8 Å². The van der Waals surface area contributed by atoms with Crippen molar-refractivity contribution in [3.05, 3.63) is 89.5 Å². The van der Waals surface area contributed by atoms with Gasteiger partial charge in [-0.3, -0.25) is 5.41 Å². The minimum atomic E-state index is -0.977. The maximum Gasteiger partial charge on any atom is 0.336 e. The summed E-state index contributed by atoms with van der Waals surface area (Å²) in [5.41, 5.74) is 8.61. The third kappa shape index (κ3) is 3.72. The van der Waals surface area contributed by atoms with Crippen molar-refractivity contribution in [3.63, 3.8) is 0 Å². The minimum absolute atomic E-state index is 0.0214. The van der Waals surface area contributed by atoms with Crippen LogP contribution in [0.5, 0.6) is 5.75 Å². The Hall–Kier alpha value is -3.60. The van der Waals surface area contributed by atoms with E-state index in [1.54, 1.807) is 36.4 Å². The molecule has 0 aliphatic heterocycles. The van der Waals surface area contributed by atoms with Gasteiger partial charge in [0.25, 0.3) is 0 Å². The highest BCUT2D eigenvalue weighted by Gasteiger charge is 2.14. The molecule has 0 saturated carbocycles. The highest BCUT2D eigenvalue weighted by molar-refractivity contribution is 5.97. The molecule has 5 heteroatoms. The lowest BCUT2D eigenvalue weighted by Crippen LogP contribution is -2.10. The lowest BCUT2D eigenvalue weighted by Gasteiger charge is -2.13. The number of aromatic carboxylic acids is 1. The summed E-state index contributed by atoms with van der Waals surface area (Å²) in [4.78, 5) is 11.5. The number of amidine groups is 1. The molecule has 130 valence electrons. The number of hydrogen-bond donors (Lipinski definition) is 3. The molecule has 0 saturated heterocycles. The van der Waals surface area contributed by atoms with Gasteiger partial charge in [0.2, 0.25) is 0 Å². The van der Waals surface area contributed by atoms with Crippen LogP contribution < -0.4 is 10.5 Å². The molecule has 3 rings (SSSR count). The first-order chi connectivity index (χ1) is 12.6. The van der Waals surface area contributed by atoms with E-state index in [0.29, 0.717) is 23.5 Å². The van der Waals surface area contributed by atoms with Crippen molar-refractivity contribution in [1.29, 1.82) is 5.41 Å². The summed E-state index contributed by atoms with van der Waals surface area (Å²) in [5.74, 6) is -0.347. The fourth-order valence-corrected chi connectivity index (χ4v) is 2.66. The summed E-state index contributed by atoms with van der Waals surface area (Å²) in [6.45, 7) is 0.324. The molecular weight excluding hydrogens is 328 g/mol. The van der Waals surface area contributed by atoms with Crippen LogP contribution in [0.1, 0.15) is 21.5 Å². The molecule has 0 spiro atoms. The number of nitrogens with one attached hydrogen (secondary N) is 1. The van der Waals surface area contributed by atoms with Crippen molar-refractivity contribution < 1.29 is 14.6 Å². The van der Waals surface area contributed by atoms with Crippen molar-refractivity contribution >= 4 is 11.8 Å². The summed E-state index contributed by atoms with van der Waals surface area (Å²) in [6, 6.07) is 21.5. The summed E-state index contributed by atoms with van der Waals surface area (Å²) >= 11 is 0. The second-order valence-electron chi connectivity index (χ2n) is 5.75. The fourth-order valence-electron chi connectivity index (χ4n) is 2.66. The number of carbonyl (C=O) groups is 1. The van der Waals surface area contributed by atoms with E-state index in [2.05, 4.69) is 0 Å². The van der Waals surface area contributed by atoms with E-state index in [4.69, 9.17) is 15.9 Å². The van der Waals surface area contributed by atoms with Crippen LogP contribution in [0.4, 0.5) is 0 Å². The van der Waals surface area contributed by atoms with Gasteiger partial charge in [0, 0.05) is 11.1 Å². The molecule has 4 N–H and O–H groups in total. The fraction of sp³-hybridized carbons (Fsp3) is 0.0476. The van der Waals surface area contributed by atoms with Crippen LogP contribution in [0.25, 0.3) is 11.1 Å². The monoisotopic (exact) mass is 346 g/mol. The molecule has 3 aromatic carbocycles. The van der Waals surface area contributed by atoms with Gasteiger partial charge in [0.15, 0.2) is 0 Å². The van der Waals surface area contributed by atoms with Crippen LogP contribution >= 0.6 is 0 Å². The predicted octanol–water partition coefficient (Wildman–Crippen LogP) is 3.91. The Morgan fingerprint density at radius 1 is 0.923 bits per heavy atom. The highest BCUT2D eigenvalue weighted by atomic mass is 16.5. The largest absolute Gasteiger partial charge is 0.488 e. The summed E-state index contributed by atoms with van der Waals surface area (Å²) in [6.07, 6.45) is 0. The maximum absolute atomic E-state index is 11.5. The van der Waals surface area contributed by atoms with Crippen molar-refractivity contribution in [2.24, 2.45) is 5.73 Å². The predicted molar refractivity (Wildman–Crippen MR) is 101 cm³/mol. The van der Waals surface area contributed by atoms with Crippen molar-refractivity contribution in [3.8, 4) is 16.9 Å². The zero-order chi connectivity index (χ0) is 18.5. The van der Waals surface area contributed by atoms with Gasteiger partial charge >= 0.3 is 5.97 Å².